The van der Waals surface area contributed by atoms with Gasteiger partial charge >= 0.3 is 5.69 Å². The van der Waals surface area contributed by atoms with E-state index in [1.165, 1.54) is 32.3 Å². The molecule has 8 nitrogen and oxygen atoms in total. The number of rotatable bonds is 6. The van der Waals surface area contributed by atoms with Gasteiger partial charge in [-0.15, -0.1) is 0 Å². The fraction of sp³-hybridized carbons (Fsp3) is 0.346. The van der Waals surface area contributed by atoms with E-state index in [0.29, 0.717) is 17.7 Å². The van der Waals surface area contributed by atoms with Gasteiger partial charge in [-0.2, -0.15) is 0 Å². The summed E-state index contributed by atoms with van der Waals surface area (Å²) in [6.07, 6.45) is 0.794. The summed E-state index contributed by atoms with van der Waals surface area (Å²) in [7, 11) is 3.22. The van der Waals surface area contributed by atoms with E-state index in [2.05, 4.69) is 41.3 Å². The number of para-hydroxylation sites is 1. The van der Waals surface area contributed by atoms with E-state index >= 15 is 0 Å². The topological polar surface area (TPSA) is 69.5 Å². The molecule has 1 aliphatic rings. The van der Waals surface area contributed by atoms with Gasteiger partial charge in [-0.3, -0.25) is 13.9 Å². The second-order valence-electron chi connectivity index (χ2n) is 9.04. The number of fused-ring (bicyclic) bond motifs is 1. The first kappa shape index (κ1) is 22.2. The van der Waals surface area contributed by atoms with Crippen LogP contribution >= 0.6 is 0 Å². The van der Waals surface area contributed by atoms with Crippen LogP contribution in [0.2, 0.25) is 0 Å². The zero-order valence-electron chi connectivity index (χ0n) is 19.8. The van der Waals surface area contributed by atoms with Crippen molar-refractivity contribution in [2.45, 2.75) is 19.5 Å². The van der Waals surface area contributed by atoms with Gasteiger partial charge < -0.3 is 14.4 Å². The number of hydrogen-bond acceptors (Lipinski definition) is 4. The third-order valence-corrected chi connectivity index (χ3v) is 6.89. The van der Waals surface area contributed by atoms with E-state index in [4.69, 9.17) is 4.98 Å². The summed E-state index contributed by atoms with van der Waals surface area (Å²) in [5.41, 5.74) is 2.82. The zero-order valence-corrected chi connectivity index (χ0v) is 19.8. The minimum absolute atomic E-state index is 0.284. The molecule has 8 heteroatoms. The first-order valence-electron chi connectivity index (χ1n) is 11.9. The Morgan fingerprint density at radius 1 is 0.882 bits per heavy atom. The molecule has 0 atom stereocenters. The molecule has 0 amide bonds. The van der Waals surface area contributed by atoms with Gasteiger partial charge in [0.2, 0.25) is 0 Å². The van der Waals surface area contributed by atoms with Gasteiger partial charge in [0.15, 0.2) is 17.0 Å². The second-order valence-corrected chi connectivity index (χ2v) is 9.04. The predicted molar refractivity (Wildman–Crippen MR) is 133 cm³/mol. The number of anilines is 1. The highest BCUT2D eigenvalue weighted by atomic mass is 16.2. The number of nitrogens with zero attached hydrogens (tertiary/aromatic N) is 5. The van der Waals surface area contributed by atoms with Crippen LogP contribution in [0.3, 0.4) is 0 Å². The van der Waals surface area contributed by atoms with Crippen LogP contribution in [0, 0.1) is 0 Å². The third-order valence-electron chi connectivity index (χ3n) is 6.89. The van der Waals surface area contributed by atoms with Crippen LogP contribution in [-0.4, -0.2) is 44.9 Å². The largest absolute Gasteiger partial charge is 0.360 e. The quantitative estimate of drug-likeness (QED) is 0.458. The van der Waals surface area contributed by atoms with E-state index in [-0.39, 0.29) is 11.2 Å². The van der Waals surface area contributed by atoms with Crippen molar-refractivity contribution in [1.82, 2.24) is 18.7 Å². The van der Waals surface area contributed by atoms with Gasteiger partial charge in [0.05, 0.1) is 26.2 Å². The van der Waals surface area contributed by atoms with Crippen molar-refractivity contribution in [3.63, 3.8) is 0 Å². The first-order valence-corrected chi connectivity index (χ1v) is 11.9. The molecule has 176 valence electrons. The summed E-state index contributed by atoms with van der Waals surface area (Å²) in [6.45, 7) is 5.31. The van der Waals surface area contributed by atoms with Crippen molar-refractivity contribution in [3.8, 4) is 0 Å². The summed E-state index contributed by atoms with van der Waals surface area (Å²) in [5, 5.41) is 0. The Kier molecular flexibility index (Phi) is 6.06. The number of aryl methyl sites for hydroxylation is 3. The van der Waals surface area contributed by atoms with Gasteiger partial charge in [-0.05, 0) is 24.1 Å². The van der Waals surface area contributed by atoms with Gasteiger partial charge in [0.1, 0.15) is 6.54 Å². The van der Waals surface area contributed by atoms with Crippen LogP contribution in [0.15, 0.2) is 70.3 Å². The second kappa shape index (κ2) is 9.30. The summed E-state index contributed by atoms with van der Waals surface area (Å²) in [5.74, 6) is 0.868. The SMILES string of the molecule is Cn1c(=O)c2c(nc(C[NH+]3CCN(c4ccccc4)CC3)n2CCc2ccccc2)n(C)c1=O. The Hall–Kier alpha value is -3.65. The number of nitrogens with one attached hydrogen (secondary N) is 1. The predicted octanol–water partition coefficient (Wildman–Crippen LogP) is 0.582. The van der Waals surface area contributed by atoms with E-state index in [0.717, 1.165) is 45.0 Å². The molecule has 1 saturated heterocycles. The Morgan fingerprint density at radius 3 is 2.21 bits per heavy atom. The molecule has 0 aliphatic carbocycles. The normalized spacial score (nSPS) is 14.7. The lowest BCUT2D eigenvalue weighted by Gasteiger charge is -2.33. The number of hydrogen-bond donors (Lipinski definition) is 1. The number of benzene rings is 2. The van der Waals surface area contributed by atoms with Gasteiger partial charge in [0.25, 0.3) is 5.56 Å². The number of imidazole rings is 1. The van der Waals surface area contributed by atoms with E-state index in [1.807, 2.05) is 28.8 Å². The van der Waals surface area contributed by atoms with Crippen molar-refractivity contribution in [3.05, 3.63) is 92.9 Å². The maximum absolute atomic E-state index is 13.1. The summed E-state index contributed by atoms with van der Waals surface area (Å²) < 4.78 is 4.71. The summed E-state index contributed by atoms with van der Waals surface area (Å²) in [6, 6.07) is 20.8. The smallest absolute Gasteiger partial charge is 0.332 e. The minimum atomic E-state index is -0.347. The molecule has 0 unspecified atom stereocenters. The van der Waals surface area contributed by atoms with E-state index < -0.39 is 0 Å². The standard InChI is InChI=1S/C26H30N6O2/c1-28-24-23(25(33)29(2)26(28)34)32(14-13-20-9-5-3-6-10-20)22(27-24)19-30-15-17-31(18-16-30)21-11-7-4-8-12-21/h3-12H,13-19H2,1-2H3/p+1. The molecule has 4 aromatic rings. The molecule has 0 saturated carbocycles. The molecule has 3 heterocycles. The third kappa shape index (κ3) is 4.17. The van der Waals surface area contributed by atoms with Crippen molar-refractivity contribution in [1.29, 1.82) is 0 Å². The molecule has 0 bridgehead atoms. The number of aromatic nitrogens is 4. The van der Waals surface area contributed by atoms with Crippen LogP contribution in [0.25, 0.3) is 11.2 Å². The van der Waals surface area contributed by atoms with Crippen LogP contribution < -0.4 is 21.0 Å². The molecular formula is C26H31N6O2+. The van der Waals surface area contributed by atoms with E-state index in [9.17, 15) is 9.59 Å². The Bertz CT molecular complexity index is 1400. The maximum atomic E-state index is 13.1. The number of quaternary nitrogens is 1. The molecule has 2 aromatic carbocycles. The summed E-state index contributed by atoms with van der Waals surface area (Å²) in [4.78, 5) is 34.3. The number of piperazine rings is 1. The Morgan fingerprint density at radius 2 is 1.53 bits per heavy atom. The average Bonchev–Trinajstić information content (AvgIpc) is 3.24. The van der Waals surface area contributed by atoms with Gasteiger partial charge in [-0.25, -0.2) is 9.78 Å². The Labute approximate surface area is 198 Å². The molecule has 0 radical (unpaired) electrons. The van der Waals surface area contributed by atoms with Gasteiger partial charge in [-0.1, -0.05) is 48.5 Å². The fourth-order valence-corrected chi connectivity index (χ4v) is 4.87. The van der Waals surface area contributed by atoms with Crippen molar-refractivity contribution < 1.29 is 4.90 Å². The molecule has 34 heavy (non-hydrogen) atoms. The lowest BCUT2D eigenvalue weighted by Crippen LogP contribution is -3.13. The molecule has 1 fully saturated rings. The van der Waals surface area contributed by atoms with Crippen molar-refractivity contribution >= 4 is 16.9 Å². The van der Waals surface area contributed by atoms with E-state index in [1.54, 1.807) is 7.05 Å². The highest BCUT2D eigenvalue weighted by Gasteiger charge is 2.25. The molecular weight excluding hydrogens is 428 g/mol. The molecule has 5 rings (SSSR count). The molecule has 1 N–H and O–H groups in total. The molecule has 2 aromatic heterocycles. The highest BCUT2D eigenvalue weighted by molar-refractivity contribution is 5.71. The maximum Gasteiger partial charge on any atom is 0.332 e. The average molecular weight is 460 g/mol. The fourth-order valence-electron chi connectivity index (χ4n) is 4.87. The van der Waals surface area contributed by atoms with Crippen molar-refractivity contribution in [2.75, 3.05) is 31.1 Å². The van der Waals surface area contributed by atoms with Crippen LogP contribution in [0.1, 0.15) is 11.4 Å². The lowest BCUT2D eigenvalue weighted by molar-refractivity contribution is -0.915. The Balaban J connectivity index is 1.44. The summed E-state index contributed by atoms with van der Waals surface area (Å²) >= 11 is 0. The highest BCUT2D eigenvalue weighted by Crippen LogP contribution is 2.14. The zero-order chi connectivity index (χ0) is 23.7. The van der Waals surface area contributed by atoms with Crippen LogP contribution in [0.5, 0.6) is 0 Å². The lowest BCUT2D eigenvalue weighted by atomic mass is 10.1. The molecule has 0 spiro atoms. The minimum Gasteiger partial charge on any atom is -0.360 e. The van der Waals surface area contributed by atoms with Gasteiger partial charge in [0, 0.05) is 26.3 Å². The first-order chi connectivity index (χ1) is 16.5. The van der Waals surface area contributed by atoms with Crippen molar-refractivity contribution in [2.24, 2.45) is 14.1 Å². The molecule has 1 aliphatic heterocycles. The monoisotopic (exact) mass is 459 g/mol. The van der Waals surface area contributed by atoms with Crippen LogP contribution in [-0.2, 0) is 33.6 Å². The van der Waals surface area contributed by atoms with Crippen LogP contribution in [0.4, 0.5) is 5.69 Å².